The molecule has 3 aromatic rings. The molecule has 1 heterocycles. The number of anilines is 1. The van der Waals surface area contributed by atoms with Crippen LogP contribution in [0.3, 0.4) is 0 Å². The van der Waals surface area contributed by atoms with Crippen molar-refractivity contribution in [1.29, 1.82) is 0 Å². The number of ether oxygens (including phenoxy) is 2. The second kappa shape index (κ2) is 5.28. The van der Waals surface area contributed by atoms with Crippen LogP contribution < -0.4 is 15.2 Å². The van der Waals surface area contributed by atoms with E-state index in [1.807, 2.05) is 31.2 Å². The molecule has 0 radical (unpaired) electrons. The minimum Gasteiger partial charge on any atom is -0.497 e. The predicted molar refractivity (Wildman–Crippen MR) is 81.8 cm³/mol. The Balaban J connectivity index is 1.99. The first-order valence-electron chi connectivity index (χ1n) is 6.52. The molecule has 0 aliphatic heterocycles. The van der Waals surface area contributed by atoms with Gasteiger partial charge in [-0.1, -0.05) is 12.1 Å². The summed E-state index contributed by atoms with van der Waals surface area (Å²) in [6, 6.07) is 12.9. The first-order chi connectivity index (χ1) is 10.2. The monoisotopic (exact) mass is 281 g/mol. The lowest BCUT2D eigenvalue weighted by Crippen LogP contribution is -1.98. The van der Waals surface area contributed by atoms with Crippen LogP contribution in [-0.2, 0) is 0 Å². The fourth-order valence-electron chi connectivity index (χ4n) is 2.02. The van der Waals surface area contributed by atoms with E-state index < -0.39 is 0 Å². The average molecular weight is 281 g/mol. The van der Waals surface area contributed by atoms with Gasteiger partial charge in [0, 0.05) is 6.07 Å². The number of hydrogen-bond donors (Lipinski definition) is 1. The van der Waals surface area contributed by atoms with Crippen LogP contribution in [0.4, 0.5) is 5.69 Å². The van der Waals surface area contributed by atoms with E-state index >= 15 is 0 Å². The van der Waals surface area contributed by atoms with E-state index in [0.717, 1.165) is 11.0 Å². The lowest BCUT2D eigenvalue weighted by Gasteiger charge is -2.11. The molecule has 0 unspecified atom stereocenters. The van der Waals surface area contributed by atoms with Crippen molar-refractivity contribution < 1.29 is 9.47 Å². The minimum absolute atomic E-state index is 0.450. The van der Waals surface area contributed by atoms with Gasteiger partial charge in [-0.25, -0.2) is 9.97 Å². The van der Waals surface area contributed by atoms with E-state index in [4.69, 9.17) is 15.2 Å². The topological polar surface area (TPSA) is 70.3 Å². The van der Waals surface area contributed by atoms with Crippen molar-refractivity contribution in [3.63, 3.8) is 0 Å². The number of hydrogen-bond acceptors (Lipinski definition) is 5. The molecule has 1 aromatic heterocycles. The molecule has 0 saturated carbocycles. The SMILES string of the molecule is COc1ccc(Oc2nc3ccccc3nc2C)c(N)c1. The highest BCUT2D eigenvalue weighted by molar-refractivity contribution is 5.74. The molecule has 5 nitrogen and oxygen atoms in total. The van der Waals surface area contributed by atoms with Crippen LogP contribution in [0.5, 0.6) is 17.4 Å². The maximum absolute atomic E-state index is 5.95. The number of nitrogen functional groups attached to an aromatic ring is 1. The van der Waals surface area contributed by atoms with E-state index in [1.165, 1.54) is 0 Å². The third-order valence-corrected chi connectivity index (χ3v) is 3.12. The van der Waals surface area contributed by atoms with Crippen molar-refractivity contribution in [2.45, 2.75) is 6.92 Å². The van der Waals surface area contributed by atoms with E-state index in [9.17, 15) is 0 Å². The van der Waals surface area contributed by atoms with Crippen molar-refractivity contribution in [3.8, 4) is 17.4 Å². The van der Waals surface area contributed by atoms with E-state index in [0.29, 0.717) is 28.8 Å². The van der Waals surface area contributed by atoms with Crippen molar-refractivity contribution in [1.82, 2.24) is 9.97 Å². The maximum atomic E-state index is 5.95. The smallest absolute Gasteiger partial charge is 0.241 e. The number of fused-ring (bicyclic) bond motifs is 1. The number of methoxy groups -OCH3 is 1. The molecule has 0 spiro atoms. The van der Waals surface area contributed by atoms with Gasteiger partial charge in [0.25, 0.3) is 0 Å². The zero-order valence-electron chi connectivity index (χ0n) is 11.8. The van der Waals surface area contributed by atoms with Crippen LogP contribution >= 0.6 is 0 Å². The maximum Gasteiger partial charge on any atom is 0.241 e. The Bertz CT molecular complexity index is 803. The average Bonchev–Trinajstić information content (AvgIpc) is 2.49. The van der Waals surface area contributed by atoms with Crippen molar-refractivity contribution in [2.75, 3.05) is 12.8 Å². The summed E-state index contributed by atoms with van der Waals surface area (Å²) in [5.74, 6) is 1.66. The lowest BCUT2D eigenvalue weighted by molar-refractivity contribution is 0.412. The van der Waals surface area contributed by atoms with Gasteiger partial charge in [-0.3, -0.25) is 0 Å². The molecule has 0 atom stereocenters. The molecule has 5 heteroatoms. The third-order valence-electron chi connectivity index (χ3n) is 3.12. The van der Waals surface area contributed by atoms with Gasteiger partial charge in [0.1, 0.15) is 11.4 Å². The largest absolute Gasteiger partial charge is 0.497 e. The zero-order valence-corrected chi connectivity index (χ0v) is 11.8. The standard InChI is InChI=1S/C16H15N3O2/c1-10-16(19-14-6-4-3-5-13(14)18-10)21-15-8-7-11(20-2)9-12(15)17/h3-9H,17H2,1-2H3. The Morgan fingerprint density at radius 3 is 2.38 bits per heavy atom. The van der Waals surface area contributed by atoms with Crippen LogP contribution in [0, 0.1) is 6.92 Å². The Kier molecular flexibility index (Phi) is 3.31. The Morgan fingerprint density at radius 1 is 1.00 bits per heavy atom. The number of aryl methyl sites for hydroxylation is 1. The molecular weight excluding hydrogens is 266 g/mol. The highest BCUT2D eigenvalue weighted by Gasteiger charge is 2.10. The van der Waals surface area contributed by atoms with E-state index in [1.54, 1.807) is 25.3 Å². The van der Waals surface area contributed by atoms with Crippen LogP contribution in [-0.4, -0.2) is 17.1 Å². The van der Waals surface area contributed by atoms with Crippen molar-refractivity contribution >= 4 is 16.7 Å². The molecule has 0 fully saturated rings. The van der Waals surface area contributed by atoms with E-state index in [-0.39, 0.29) is 0 Å². The number of nitrogens with two attached hydrogens (primary N) is 1. The second-order valence-electron chi connectivity index (χ2n) is 4.61. The van der Waals surface area contributed by atoms with Gasteiger partial charge >= 0.3 is 0 Å². The molecule has 106 valence electrons. The predicted octanol–water partition coefficient (Wildman–Crippen LogP) is 3.32. The molecule has 0 aliphatic carbocycles. The summed E-state index contributed by atoms with van der Waals surface area (Å²) in [6.45, 7) is 1.86. The normalized spacial score (nSPS) is 10.6. The second-order valence-corrected chi connectivity index (χ2v) is 4.61. The lowest BCUT2D eigenvalue weighted by atomic mass is 10.2. The summed E-state index contributed by atoms with van der Waals surface area (Å²) in [6.07, 6.45) is 0. The quantitative estimate of drug-likeness (QED) is 0.746. The molecule has 2 aromatic carbocycles. The molecular formula is C16H15N3O2. The summed E-state index contributed by atoms with van der Waals surface area (Å²) in [5.41, 5.74) is 8.78. The number of para-hydroxylation sites is 2. The van der Waals surface area contributed by atoms with Gasteiger partial charge in [-0.15, -0.1) is 0 Å². The Hall–Kier alpha value is -2.82. The minimum atomic E-state index is 0.450. The summed E-state index contributed by atoms with van der Waals surface area (Å²) >= 11 is 0. The van der Waals surface area contributed by atoms with Gasteiger partial charge in [0.15, 0.2) is 5.75 Å². The number of rotatable bonds is 3. The van der Waals surface area contributed by atoms with Gasteiger partial charge in [-0.2, -0.15) is 0 Å². The molecule has 0 saturated heterocycles. The van der Waals surface area contributed by atoms with Crippen molar-refractivity contribution in [2.24, 2.45) is 0 Å². The Labute approximate surface area is 122 Å². The summed E-state index contributed by atoms with van der Waals surface area (Å²) < 4.78 is 10.9. The number of benzene rings is 2. The highest BCUT2D eigenvalue weighted by atomic mass is 16.5. The summed E-state index contributed by atoms with van der Waals surface area (Å²) in [4.78, 5) is 8.96. The van der Waals surface area contributed by atoms with Crippen LogP contribution in [0.2, 0.25) is 0 Å². The van der Waals surface area contributed by atoms with Crippen LogP contribution in [0.15, 0.2) is 42.5 Å². The van der Waals surface area contributed by atoms with Gasteiger partial charge < -0.3 is 15.2 Å². The zero-order chi connectivity index (χ0) is 14.8. The summed E-state index contributed by atoms with van der Waals surface area (Å²) in [5, 5.41) is 0. The molecule has 21 heavy (non-hydrogen) atoms. The number of nitrogens with zero attached hydrogens (tertiary/aromatic N) is 2. The molecule has 0 aliphatic rings. The third kappa shape index (κ3) is 2.58. The number of aromatic nitrogens is 2. The Morgan fingerprint density at radius 2 is 1.71 bits per heavy atom. The molecule has 2 N–H and O–H groups in total. The van der Waals surface area contributed by atoms with Crippen LogP contribution in [0.25, 0.3) is 11.0 Å². The van der Waals surface area contributed by atoms with E-state index in [2.05, 4.69) is 9.97 Å². The molecule has 0 amide bonds. The van der Waals surface area contributed by atoms with Crippen molar-refractivity contribution in [3.05, 3.63) is 48.2 Å². The van der Waals surface area contributed by atoms with Gasteiger partial charge in [0.05, 0.1) is 23.8 Å². The van der Waals surface area contributed by atoms with Crippen LogP contribution in [0.1, 0.15) is 5.69 Å². The fourth-order valence-corrected chi connectivity index (χ4v) is 2.02. The first-order valence-corrected chi connectivity index (χ1v) is 6.52. The first kappa shape index (κ1) is 13.2. The fraction of sp³-hybridized carbons (Fsp3) is 0.125. The van der Waals surface area contributed by atoms with Gasteiger partial charge in [-0.05, 0) is 31.2 Å². The highest BCUT2D eigenvalue weighted by Crippen LogP contribution is 2.31. The van der Waals surface area contributed by atoms with Gasteiger partial charge in [0.2, 0.25) is 5.88 Å². The molecule has 0 bridgehead atoms. The molecule has 3 rings (SSSR count). The summed E-state index contributed by atoms with van der Waals surface area (Å²) in [7, 11) is 1.59.